The second-order valence-electron chi connectivity index (χ2n) is 2.95. The summed E-state index contributed by atoms with van der Waals surface area (Å²) in [6.07, 6.45) is 0. The van der Waals surface area contributed by atoms with Crippen LogP contribution in [0.3, 0.4) is 0 Å². The van der Waals surface area contributed by atoms with Gasteiger partial charge in [-0.15, -0.1) is 0 Å². The van der Waals surface area contributed by atoms with Gasteiger partial charge in [0.2, 0.25) is 11.7 Å². The predicted molar refractivity (Wildman–Crippen MR) is 62.5 cm³/mol. The van der Waals surface area contributed by atoms with Crippen LogP contribution in [0.4, 0.5) is 0 Å². The van der Waals surface area contributed by atoms with E-state index in [0.29, 0.717) is 18.3 Å². The quantitative estimate of drug-likeness (QED) is 0.817. The molecule has 0 spiro atoms. The number of halogens is 1. The third-order valence-corrected chi connectivity index (χ3v) is 2.65. The minimum atomic E-state index is 0.331. The molecule has 78 valence electrons. The number of para-hydroxylation sites is 1. The lowest BCUT2D eigenvalue weighted by Gasteiger charge is -2.04. The van der Waals surface area contributed by atoms with Crippen LogP contribution in [0.15, 0.2) is 28.8 Å². The molecule has 0 aliphatic carbocycles. The van der Waals surface area contributed by atoms with E-state index in [4.69, 9.17) is 9.26 Å². The van der Waals surface area contributed by atoms with Crippen molar-refractivity contribution in [3.05, 3.63) is 39.6 Å². The summed E-state index contributed by atoms with van der Waals surface area (Å²) >= 11 is 2.22. The molecule has 5 heteroatoms. The van der Waals surface area contributed by atoms with Gasteiger partial charge in [-0.05, 0) is 34.7 Å². The SMILES string of the molecule is Cc1nc(COc2ccccc2I)no1. The van der Waals surface area contributed by atoms with Gasteiger partial charge in [0, 0.05) is 6.92 Å². The molecule has 0 saturated heterocycles. The van der Waals surface area contributed by atoms with Crippen molar-refractivity contribution in [2.45, 2.75) is 13.5 Å². The summed E-state index contributed by atoms with van der Waals surface area (Å²) in [7, 11) is 0. The first-order valence-corrected chi connectivity index (χ1v) is 5.50. The highest BCUT2D eigenvalue weighted by Gasteiger charge is 2.04. The maximum absolute atomic E-state index is 5.54. The van der Waals surface area contributed by atoms with Gasteiger partial charge in [0.05, 0.1) is 3.57 Å². The highest BCUT2D eigenvalue weighted by molar-refractivity contribution is 14.1. The Kier molecular flexibility index (Phi) is 3.20. The van der Waals surface area contributed by atoms with Gasteiger partial charge in [-0.1, -0.05) is 17.3 Å². The summed E-state index contributed by atoms with van der Waals surface area (Å²) in [6.45, 7) is 2.08. The van der Waals surface area contributed by atoms with E-state index in [1.165, 1.54) is 0 Å². The first kappa shape index (κ1) is 10.4. The third-order valence-electron chi connectivity index (χ3n) is 1.76. The Bertz CT molecular complexity index is 456. The van der Waals surface area contributed by atoms with Crippen LogP contribution in [0.2, 0.25) is 0 Å². The fourth-order valence-electron chi connectivity index (χ4n) is 1.10. The van der Waals surface area contributed by atoms with E-state index < -0.39 is 0 Å². The molecule has 1 aromatic heterocycles. The molecule has 0 N–H and O–H groups in total. The molecule has 0 atom stereocenters. The third kappa shape index (κ3) is 2.68. The number of nitrogens with zero attached hydrogens (tertiary/aromatic N) is 2. The molecule has 0 fully saturated rings. The topological polar surface area (TPSA) is 48.2 Å². The van der Waals surface area contributed by atoms with Crippen LogP contribution < -0.4 is 4.74 Å². The standard InChI is InChI=1S/C10H9IN2O2/c1-7-12-10(13-15-7)6-14-9-5-3-2-4-8(9)11/h2-5H,6H2,1H3. The number of hydrogen-bond donors (Lipinski definition) is 0. The predicted octanol–water partition coefficient (Wildman–Crippen LogP) is 2.56. The van der Waals surface area contributed by atoms with E-state index in [0.717, 1.165) is 9.32 Å². The van der Waals surface area contributed by atoms with Gasteiger partial charge in [-0.25, -0.2) is 0 Å². The van der Waals surface area contributed by atoms with Gasteiger partial charge in [0.1, 0.15) is 5.75 Å². The maximum Gasteiger partial charge on any atom is 0.223 e. The van der Waals surface area contributed by atoms with Crippen molar-refractivity contribution < 1.29 is 9.26 Å². The van der Waals surface area contributed by atoms with E-state index in [9.17, 15) is 0 Å². The zero-order valence-corrected chi connectivity index (χ0v) is 10.3. The van der Waals surface area contributed by atoms with Gasteiger partial charge in [0.15, 0.2) is 6.61 Å². The molecule has 1 heterocycles. The van der Waals surface area contributed by atoms with Crippen molar-refractivity contribution in [3.8, 4) is 5.75 Å². The van der Waals surface area contributed by atoms with Crippen LogP contribution in [0, 0.1) is 10.5 Å². The van der Waals surface area contributed by atoms with E-state index in [1.54, 1.807) is 6.92 Å². The molecular weight excluding hydrogens is 307 g/mol. The smallest absolute Gasteiger partial charge is 0.223 e. The van der Waals surface area contributed by atoms with E-state index >= 15 is 0 Å². The summed E-state index contributed by atoms with van der Waals surface area (Å²) in [5, 5.41) is 3.75. The van der Waals surface area contributed by atoms with E-state index in [1.807, 2.05) is 24.3 Å². The van der Waals surface area contributed by atoms with Gasteiger partial charge in [-0.2, -0.15) is 4.98 Å². The van der Waals surface area contributed by atoms with Crippen LogP contribution in [-0.2, 0) is 6.61 Å². The summed E-state index contributed by atoms with van der Waals surface area (Å²) < 4.78 is 11.4. The minimum Gasteiger partial charge on any atom is -0.484 e. The number of aryl methyl sites for hydroxylation is 1. The summed E-state index contributed by atoms with van der Waals surface area (Å²) in [5.74, 6) is 1.95. The van der Waals surface area contributed by atoms with Crippen LogP contribution in [0.1, 0.15) is 11.7 Å². The van der Waals surface area contributed by atoms with Crippen LogP contribution in [-0.4, -0.2) is 10.1 Å². The van der Waals surface area contributed by atoms with Crippen molar-refractivity contribution in [1.82, 2.24) is 10.1 Å². The molecule has 0 unspecified atom stereocenters. The van der Waals surface area contributed by atoms with Gasteiger partial charge < -0.3 is 9.26 Å². The normalized spacial score (nSPS) is 10.3. The fourth-order valence-corrected chi connectivity index (χ4v) is 1.65. The number of aromatic nitrogens is 2. The molecule has 0 bridgehead atoms. The molecule has 0 saturated carbocycles. The molecule has 2 rings (SSSR count). The van der Waals surface area contributed by atoms with Crippen molar-refractivity contribution in [2.75, 3.05) is 0 Å². The number of rotatable bonds is 3. The van der Waals surface area contributed by atoms with Crippen LogP contribution >= 0.6 is 22.6 Å². The molecule has 15 heavy (non-hydrogen) atoms. The van der Waals surface area contributed by atoms with Gasteiger partial charge in [-0.3, -0.25) is 0 Å². The van der Waals surface area contributed by atoms with Crippen molar-refractivity contribution >= 4 is 22.6 Å². The van der Waals surface area contributed by atoms with Gasteiger partial charge in [0.25, 0.3) is 0 Å². The molecule has 2 aromatic rings. The Morgan fingerprint density at radius 1 is 1.40 bits per heavy atom. The highest BCUT2D eigenvalue weighted by atomic mass is 127. The van der Waals surface area contributed by atoms with Crippen molar-refractivity contribution in [2.24, 2.45) is 0 Å². The lowest BCUT2D eigenvalue weighted by atomic mass is 10.3. The molecule has 0 amide bonds. The molecular formula is C10H9IN2O2. The Morgan fingerprint density at radius 3 is 2.87 bits per heavy atom. The van der Waals surface area contributed by atoms with Crippen LogP contribution in [0.5, 0.6) is 5.75 Å². The molecule has 1 aromatic carbocycles. The Morgan fingerprint density at radius 2 is 2.20 bits per heavy atom. The highest BCUT2D eigenvalue weighted by Crippen LogP contribution is 2.20. The lowest BCUT2D eigenvalue weighted by molar-refractivity contribution is 0.284. The van der Waals surface area contributed by atoms with Crippen molar-refractivity contribution in [3.63, 3.8) is 0 Å². The Balaban J connectivity index is 2.02. The Hall–Kier alpha value is -1.11. The zero-order valence-electron chi connectivity index (χ0n) is 8.11. The minimum absolute atomic E-state index is 0.331. The van der Waals surface area contributed by atoms with Gasteiger partial charge >= 0.3 is 0 Å². The fraction of sp³-hybridized carbons (Fsp3) is 0.200. The molecule has 4 nitrogen and oxygen atoms in total. The average Bonchev–Trinajstić information content (AvgIpc) is 2.63. The van der Waals surface area contributed by atoms with Crippen LogP contribution in [0.25, 0.3) is 0 Å². The maximum atomic E-state index is 5.54. The largest absolute Gasteiger partial charge is 0.484 e. The lowest BCUT2D eigenvalue weighted by Crippen LogP contribution is -1.98. The Labute approximate surface area is 101 Å². The van der Waals surface area contributed by atoms with E-state index in [2.05, 4.69) is 32.7 Å². The first-order chi connectivity index (χ1) is 7.25. The number of ether oxygens (including phenoxy) is 1. The second-order valence-corrected chi connectivity index (χ2v) is 4.11. The molecule has 0 aliphatic rings. The summed E-state index contributed by atoms with van der Waals surface area (Å²) in [5.41, 5.74) is 0. The van der Waals surface area contributed by atoms with E-state index in [-0.39, 0.29) is 0 Å². The summed E-state index contributed by atoms with van der Waals surface area (Å²) in [4.78, 5) is 4.05. The average molecular weight is 316 g/mol. The zero-order chi connectivity index (χ0) is 10.7. The molecule has 0 aliphatic heterocycles. The second kappa shape index (κ2) is 4.61. The number of benzene rings is 1. The summed E-state index contributed by atoms with van der Waals surface area (Å²) in [6, 6.07) is 7.79. The monoisotopic (exact) mass is 316 g/mol. The number of hydrogen-bond acceptors (Lipinski definition) is 4. The molecule has 0 radical (unpaired) electrons. The first-order valence-electron chi connectivity index (χ1n) is 4.42. The van der Waals surface area contributed by atoms with Crippen molar-refractivity contribution in [1.29, 1.82) is 0 Å².